The standard InChI is InChI=1S/C66H96F2O10S2.C18H15S.6CH4/c1-59(2,3)54-41-19-47(49(20-41)56(69)74-61(7)43-11-33-8-34(13-43)14-44(61)12-33)53(54)50-40-17-46(48(18-40)57(70)75-64-25-37-10-38(26-64)24-63(72,23-37)31-64)52(50)51-39-15-42(45(16-39)55(51)60(4,5)6)29-80-65-27-35-9-36(28-65)22-62(21-35,30-65)32-73-58(71)66(67,68)76-77-78-79;1-4-10-16(11-5-1)19(17-12-6-2-7-13-17)18-14-8-3-9-15-18;;;;;;/h33-55,72,79H,8-32H2,1-7H3;1-15H;6*1H4/q;+1;;;;;;/p-1. The highest BCUT2D eigenvalue weighted by Gasteiger charge is 2.72. The smallest absolute Gasteiger partial charge is 0.484 e. The molecular formula is C90H134F2O10S3. The van der Waals surface area contributed by atoms with Crippen molar-refractivity contribution in [2.75, 3.05) is 12.4 Å². The van der Waals surface area contributed by atoms with Crippen LogP contribution in [0.15, 0.2) is 106 Å². The third-order valence-electron chi connectivity index (χ3n) is 30.9. The summed E-state index contributed by atoms with van der Waals surface area (Å²) in [5.74, 6) is 9.88. The highest BCUT2D eigenvalue weighted by atomic mass is 32.2. The molecule has 18 saturated carbocycles. The molecule has 19 unspecified atom stereocenters. The van der Waals surface area contributed by atoms with Gasteiger partial charge in [0.1, 0.15) is 11.2 Å². The van der Waals surface area contributed by atoms with Crippen molar-refractivity contribution in [3.8, 4) is 0 Å². The first-order chi connectivity index (χ1) is 47.2. The summed E-state index contributed by atoms with van der Waals surface area (Å²) in [5, 5.41) is 15.6. The molecule has 0 amide bonds. The van der Waals surface area contributed by atoms with Gasteiger partial charge in [0, 0.05) is 16.6 Å². The van der Waals surface area contributed by atoms with Crippen LogP contribution in [0.4, 0.5) is 8.78 Å². The lowest BCUT2D eigenvalue weighted by molar-refractivity contribution is -0.532. The number of carbonyl (C=O) groups excluding carboxylic acids is 3. The second kappa shape index (κ2) is 30.4. The van der Waals surface area contributed by atoms with Crippen molar-refractivity contribution < 1.29 is 56.7 Å². The third-order valence-corrected chi connectivity index (χ3v) is 34.8. The molecule has 18 bridgehead atoms. The SMILES string of the molecule is C.C.C.C.C.C.CC(C)(C)C1C2CC(C(=O)OC3(C)C4CC5CC(C4)CC3C5)C(C2)C1C1C2CC(C(=O)OC34CC5CC(CC(O)(C5)C3)C4)C(C2)C1C1C2CC(CSC34CC5CC(CC(COC(=O)C(F)(F)OOO[S-])(C5)C3)C4)C(C2)C1C(C)(C)C.c1ccc([S+](c2ccccc2)c2ccccc2)cc1. The van der Waals surface area contributed by atoms with Crippen LogP contribution in [-0.4, -0.2) is 63.0 Å². The lowest BCUT2D eigenvalue weighted by Crippen LogP contribution is -2.61. The molecule has 1 N–H and O–H groups in total. The number of hydrogen-bond donors (Lipinski definition) is 1. The fraction of sp³-hybridized carbons (Fsp3) is 0.767. The second-order valence-corrected chi connectivity index (χ2v) is 42.6. The number of rotatable bonds is 18. The van der Waals surface area contributed by atoms with E-state index in [-0.39, 0.29) is 118 Å². The summed E-state index contributed by atoms with van der Waals surface area (Å²) in [4.78, 5) is 51.2. The number of esters is 3. The Morgan fingerprint density at radius 2 is 0.990 bits per heavy atom. The maximum atomic E-state index is 15.4. The summed E-state index contributed by atoms with van der Waals surface area (Å²) in [6.45, 7) is 17.3. The molecule has 105 heavy (non-hydrogen) atoms. The van der Waals surface area contributed by atoms with Crippen LogP contribution in [0.1, 0.15) is 241 Å². The largest absolute Gasteiger partial charge is 0.579 e. The Morgan fingerprint density at radius 1 is 0.524 bits per heavy atom. The predicted octanol–water partition coefficient (Wildman–Crippen LogP) is 22.3. The number of hydrogen-bond acceptors (Lipinski definition) is 12. The quantitative estimate of drug-likeness (QED) is 0.0325. The molecule has 0 aromatic heterocycles. The molecule has 0 saturated heterocycles. The molecule has 0 aliphatic heterocycles. The number of aliphatic hydroxyl groups is 1. The van der Waals surface area contributed by atoms with Crippen molar-refractivity contribution in [2.45, 2.75) is 283 Å². The Morgan fingerprint density at radius 3 is 1.50 bits per heavy atom. The van der Waals surface area contributed by atoms with E-state index in [4.69, 9.17) is 14.2 Å². The maximum absolute atomic E-state index is 15.4. The van der Waals surface area contributed by atoms with Gasteiger partial charge in [-0.1, -0.05) is 146 Å². The van der Waals surface area contributed by atoms with Gasteiger partial charge in [-0.05, 0) is 325 Å². The molecule has 15 heteroatoms. The zero-order chi connectivity index (χ0) is 68.6. The lowest BCUT2D eigenvalue weighted by Gasteiger charge is -2.62. The Bertz CT molecular complexity index is 3340. The minimum atomic E-state index is -4.33. The summed E-state index contributed by atoms with van der Waals surface area (Å²) < 4.78 is 52.3. The van der Waals surface area contributed by atoms with Crippen LogP contribution in [0, 0.1) is 152 Å². The summed E-state index contributed by atoms with van der Waals surface area (Å²) in [7, 11) is -0.0146. The van der Waals surface area contributed by atoms with Gasteiger partial charge in [0.15, 0.2) is 14.7 Å². The summed E-state index contributed by atoms with van der Waals surface area (Å²) in [6, 6.07) is 32.2. The Balaban J connectivity index is 0.000000384. The van der Waals surface area contributed by atoms with E-state index in [2.05, 4.69) is 178 Å². The average Bonchev–Trinajstić information content (AvgIpc) is 1.59. The molecule has 586 valence electrons. The number of carbonyl (C=O) groups is 3. The fourth-order valence-electron chi connectivity index (χ4n) is 29.4. The van der Waals surface area contributed by atoms with Gasteiger partial charge >= 0.3 is 24.0 Å². The summed E-state index contributed by atoms with van der Waals surface area (Å²) in [6.07, 6.45) is 19.9. The van der Waals surface area contributed by atoms with Gasteiger partial charge in [-0.25, -0.2) is 4.79 Å². The molecule has 21 rings (SSSR count). The van der Waals surface area contributed by atoms with Crippen molar-refractivity contribution in [1.82, 2.24) is 0 Å². The van der Waals surface area contributed by atoms with E-state index in [0.29, 0.717) is 113 Å². The Labute approximate surface area is 645 Å². The molecule has 0 spiro atoms. The first-order valence-corrected chi connectivity index (χ1v) is 41.6. The van der Waals surface area contributed by atoms with E-state index in [1.165, 1.54) is 59.6 Å². The molecular weight excluding hydrogens is 1380 g/mol. The van der Waals surface area contributed by atoms with Crippen LogP contribution in [0.2, 0.25) is 0 Å². The zero-order valence-electron chi connectivity index (χ0n) is 59.7. The minimum Gasteiger partial charge on any atom is -0.579 e. The summed E-state index contributed by atoms with van der Waals surface area (Å²) in [5.41, 5.74) is -1.75. The van der Waals surface area contributed by atoms with Crippen LogP contribution < -0.4 is 0 Å². The van der Waals surface area contributed by atoms with E-state index in [1.807, 2.05) is 0 Å². The van der Waals surface area contributed by atoms with E-state index in [9.17, 15) is 18.7 Å². The van der Waals surface area contributed by atoms with E-state index in [0.717, 1.165) is 114 Å². The molecule has 18 aliphatic rings. The molecule has 0 radical (unpaired) electrons. The molecule has 0 heterocycles. The Hall–Kier alpha value is -3.18. The summed E-state index contributed by atoms with van der Waals surface area (Å²) >= 11 is 6.27. The molecule has 10 nitrogen and oxygen atoms in total. The highest BCUT2D eigenvalue weighted by molar-refractivity contribution is 8.00. The molecule has 18 aliphatic carbocycles. The van der Waals surface area contributed by atoms with Crippen molar-refractivity contribution in [1.29, 1.82) is 0 Å². The normalized spacial score (nSPS) is 43.1. The van der Waals surface area contributed by atoms with Gasteiger partial charge in [-0.3, -0.25) is 9.59 Å². The average molecular weight is 1510 g/mol. The topological polar surface area (TPSA) is 127 Å². The number of fused-ring (bicyclic) bond motifs is 6. The van der Waals surface area contributed by atoms with Crippen LogP contribution in [0.25, 0.3) is 0 Å². The molecule has 3 aromatic carbocycles. The van der Waals surface area contributed by atoms with Crippen LogP contribution >= 0.6 is 11.8 Å². The van der Waals surface area contributed by atoms with Crippen molar-refractivity contribution in [3.63, 3.8) is 0 Å². The van der Waals surface area contributed by atoms with Gasteiger partial charge in [-0.15, -0.1) is 4.89 Å². The lowest BCUT2D eigenvalue weighted by atomic mass is 9.49. The highest BCUT2D eigenvalue weighted by Crippen LogP contribution is 2.76. The maximum Gasteiger partial charge on any atom is 0.484 e. The predicted molar refractivity (Wildman–Crippen MR) is 420 cm³/mol. The number of ether oxygens (including phenoxy) is 3. The van der Waals surface area contributed by atoms with Gasteiger partial charge in [0.2, 0.25) is 0 Å². The Kier molecular flexibility index (Phi) is 24.0. The second-order valence-electron chi connectivity index (χ2n) is 39.0. The minimum absolute atomic E-state index is 0. The monoisotopic (exact) mass is 1510 g/mol. The zero-order valence-corrected chi connectivity index (χ0v) is 62.2. The number of thioether (sulfide) groups is 1. The van der Waals surface area contributed by atoms with E-state index < -0.39 is 23.3 Å². The van der Waals surface area contributed by atoms with Crippen LogP contribution in [-0.2, 0) is 66.7 Å². The van der Waals surface area contributed by atoms with Crippen LogP contribution in [0.5, 0.6) is 0 Å². The number of benzene rings is 3. The van der Waals surface area contributed by atoms with Crippen molar-refractivity contribution >= 4 is 53.5 Å². The van der Waals surface area contributed by atoms with E-state index >= 15 is 9.59 Å². The van der Waals surface area contributed by atoms with Crippen LogP contribution in [0.3, 0.4) is 0 Å². The fourth-order valence-corrected chi connectivity index (χ4v) is 33.6. The molecule has 18 fully saturated rings. The molecule has 19 atom stereocenters. The first-order valence-electron chi connectivity index (χ1n) is 39.1. The van der Waals surface area contributed by atoms with Crippen molar-refractivity contribution in [2.24, 2.45) is 152 Å². The number of halogens is 2. The van der Waals surface area contributed by atoms with Gasteiger partial charge in [-0.2, -0.15) is 20.5 Å². The van der Waals surface area contributed by atoms with Gasteiger partial charge in [0.25, 0.3) is 0 Å². The van der Waals surface area contributed by atoms with Crippen molar-refractivity contribution in [3.05, 3.63) is 91.0 Å². The molecule has 3 aromatic rings. The first kappa shape index (κ1) is 82.8. The number of alkyl halides is 2. The third kappa shape index (κ3) is 14.8. The van der Waals surface area contributed by atoms with Gasteiger partial charge < -0.3 is 36.6 Å². The van der Waals surface area contributed by atoms with Gasteiger partial charge in [0.05, 0.1) is 34.9 Å². The van der Waals surface area contributed by atoms with E-state index in [1.54, 1.807) is 0 Å².